The van der Waals surface area contributed by atoms with Crippen LogP contribution in [0.4, 0.5) is 11.4 Å². The maximum atomic E-state index is 12.8. The number of carbonyl (C=O) groups excluding carboxylic acids is 3. The fourth-order valence-electron chi connectivity index (χ4n) is 3.79. The van der Waals surface area contributed by atoms with E-state index in [0.29, 0.717) is 29.1 Å². The Bertz CT molecular complexity index is 1230. The highest BCUT2D eigenvalue weighted by Crippen LogP contribution is 2.28. The third-order valence-electron chi connectivity index (χ3n) is 6.68. The van der Waals surface area contributed by atoms with Crippen LogP contribution in [0.3, 0.4) is 0 Å². The van der Waals surface area contributed by atoms with Gasteiger partial charge < -0.3 is 15.4 Å². The van der Waals surface area contributed by atoms with Crippen molar-refractivity contribution >= 4 is 29.0 Å². The summed E-state index contributed by atoms with van der Waals surface area (Å²) >= 11 is 0. The monoisotopic (exact) mass is 500 g/mol. The first-order valence-electron chi connectivity index (χ1n) is 12.7. The van der Waals surface area contributed by atoms with Crippen molar-refractivity contribution in [3.05, 3.63) is 89.5 Å². The predicted molar refractivity (Wildman–Crippen MR) is 148 cm³/mol. The van der Waals surface area contributed by atoms with Crippen LogP contribution in [0, 0.1) is 6.92 Å². The lowest BCUT2D eigenvalue weighted by Gasteiger charge is -2.24. The van der Waals surface area contributed by atoms with Gasteiger partial charge in [-0.2, -0.15) is 0 Å². The first-order chi connectivity index (χ1) is 17.6. The van der Waals surface area contributed by atoms with E-state index in [0.717, 1.165) is 12.0 Å². The minimum atomic E-state index is -0.656. The highest BCUT2D eigenvalue weighted by atomic mass is 16.5. The molecule has 6 heteroatoms. The molecule has 0 aliphatic carbocycles. The van der Waals surface area contributed by atoms with Crippen molar-refractivity contribution in [3.8, 4) is 5.75 Å². The van der Waals surface area contributed by atoms with E-state index < -0.39 is 6.10 Å². The Morgan fingerprint density at radius 3 is 2.11 bits per heavy atom. The van der Waals surface area contributed by atoms with Crippen LogP contribution in [-0.2, 0) is 15.0 Å². The molecule has 0 radical (unpaired) electrons. The summed E-state index contributed by atoms with van der Waals surface area (Å²) in [5.41, 5.74) is 3.87. The number of hydrogen-bond donors (Lipinski definition) is 2. The number of rotatable bonds is 11. The van der Waals surface area contributed by atoms with Crippen LogP contribution in [0.25, 0.3) is 0 Å². The van der Waals surface area contributed by atoms with Gasteiger partial charge in [0, 0.05) is 16.9 Å². The molecule has 0 spiro atoms. The van der Waals surface area contributed by atoms with Gasteiger partial charge in [-0.25, -0.2) is 0 Å². The maximum absolute atomic E-state index is 12.8. The molecule has 0 saturated carbocycles. The molecule has 3 rings (SSSR count). The molecule has 0 saturated heterocycles. The number of para-hydroxylation sites is 1. The van der Waals surface area contributed by atoms with Crippen molar-refractivity contribution in [2.75, 3.05) is 10.6 Å². The van der Waals surface area contributed by atoms with E-state index in [1.54, 1.807) is 30.3 Å². The van der Waals surface area contributed by atoms with E-state index in [2.05, 4.69) is 31.4 Å². The molecule has 0 heterocycles. The molecule has 0 aliphatic rings. The molecule has 2 N–H and O–H groups in total. The number of aryl methyl sites for hydroxylation is 1. The molecular formula is C31H36N2O4. The number of anilines is 2. The number of carbonyl (C=O) groups is 3. The zero-order valence-electron chi connectivity index (χ0n) is 22.3. The molecule has 3 aromatic carbocycles. The summed E-state index contributed by atoms with van der Waals surface area (Å²) in [7, 11) is 0. The smallest absolute Gasteiger partial charge is 0.265 e. The molecule has 0 aliphatic heterocycles. The summed E-state index contributed by atoms with van der Waals surface area (Å²) in [6.07, 6.45) is 0.607. The van der Waals surface area contributed by atoms with Crippen molar-refractivity contribution in [2.45, 2.75) is 65.4 Å². The average molecular weight is 501 g/mol. The second-order valence-electron chi connectivity index (χ2n) is 9.81. The van der Waals surface area contributed by atoms with E-state index >= 15 is 0 Å². The lowest BCUT2D eigenvalue weighted by molar-refractivity contribution is -0.122. The average Bonchev–Trinajstić information content (AvgIpc) is 2.89. The predicted octanol–water partition coefficient (Wildman–Crippen LogP) is 6.69. The summed E-state index contributed by atoms with van der Waals surface area (Å²) in [6.45, 7) is 10.3. The number of nitrogens with one attached hydrogen (secondary N) is 2. The minimum Gasteiger partial charge on any atom is -0.481 e. The summed E-state index contributed by atoms with van der Waals surface area (Å²) in [6, 6.07) is 21.8. The van der Waals surface area contributed by atoms with Crippen molar-refractivity contribution in [2.24, 2.45) is 0 Å². The Kier molecular flexibility index (Phi) is 9.23. The van der Waals surface area contributed by atoms with E-state index in [4.69, 9.17) is 4.74 Å². The standard InChI is InChI=1S/C31H36N2O4/c1-6-28(37-25-18-14-23(15-19-25)31(4,5)7-2)30(36)32-24-16-12-22(13-17-24)27(34)20-29(35)33-26-11-9-8-10-21(26)3/h8-19,28H,6-7,20H2,1-5H3,(H,32,36)(H,33,35)/t28-/m0/s1. The number of Topliss-reactive ketones (excluding diaryl/α,β-unsaturated/α-hetero) is 1. The SMILES string of the molecule is CC[C@H](Oc1ccc(C(C)(C)CC)cc1)C(=O)Nc1ccc(C(=O)CC(=O)Nc2ccccc2C)cc1. The van der Waals surface area contributed by atoms with E-state index in [-0.39, 0.29) is 29.4 Å². The largest absolute Gasteiger partial charge is 0.481 e. The Hall–Kier alpha value is -3.93. The molecule has 1 atom stereocenters. The Labute approximate surface area is 219 Å². The third-order valence-corrected chi connectivity index (χ3v) is 6.68. The van der Waals surface area contributed by atoms with Crippen molar-refractivity contribution in [1.82, 2.24) is 0 Å². The highest BCUT2D eigenvalue weighted by molar-refractivity contribution is 6.11. The molecule has 0 aromatic heterocycles. The molecule has 2 amide bonds. The maximum Gasteiger partial charge on any atom is 0.265 e. The molecule has 37 heavy (non-hydrogen) atoms. The molecule has 194 valence electrons. The Morgan fingerprint density at radius 2 is 1.51 bits per heavy atom. The number of ketones is 1. The van der Waals surface area contributed by atoms with Crippen LogP contribution in [0.15, 0.2) is 72.8 Å². The zero-order valence-corrected chi connectivity index (χ0v) is 22.3. The number of hydrogen-bond acceptors (Lipinski definition) is 4. The van der Waals surface area contributed by atoms with Gasteiger partial charge in [-0.3, -0.25) is 14.4 Å². The number of benzene rings is 3. The quantitative estimate of drug-likeness (QED) is 0.227. The third kappa shape index (κ3) is 7.53. The van der Waals surface area contributed by atoms with E-state index in [9.17, 15) is 14.4 Å². The minimum absolute atomic E-state index is 0.0817. The molecule has 6 nitrogen and oxygen atoms in total. The van der Waals surface area contributed by atoms with Crippen LogP contribution in [0.5, 0.6) is 5.75 Å². The highest BCUT2D eigenvalue weighted by Gasteiger charge is 2.21. The van der Waals surface area contributed by atoms with Gasteiger partial charge in [-0.15, -0.1) is 0 Å². The second kappa shape index (κ2) is 12.3. The summed E-state index contributed by atoms with van der Waals surface area (Å²) in [4.78, 5) is 37.7. The fourth-order valence-corrected chi connectivity index (χ4v) is 3.79. The number of amides is 2. The summed E-state index contributed by atoms with van der Waals surface area (Å²) in [5.74, 6) is -0.293. The van der Waals surface area contributed by atoms with E-state index in [1.807, 2.05) is 56.3 Å². The molecule has 0 bridgehead atoms. The van der Waals surface area contributed by atoms with Crippen molar-refractivity contribution in [1.29, 1.82) is 0 Å². The molecule has 3 aromatic rings. The van der Waals surface area contributed by atoms with Gasteiger partial charge in [0.2, 0.25) is 5.91 Å². The lowest BCUT2D eigenvalue weighted by Crippen LogP contribution is -2.32. The molecule has 0 unspecified atom stereocenters. The fraction of sp³-hybridized carbons (Fsp3) is 0.323. The summed E-state index contributed by atoms with van der Waals surface area (Å²) in [5, 5.41) is 5.62. The zero-order chi connectivity index (χ0) is 27.0. The van der Waals surface area contributed by atoms with Gasteiger partial charge in [0.15, 0.2) is 11.9 Å². The van der Waals surface area contributed by atoms with Gasteiger partial charge in [0.1, 0.15) is 5.75 Å². The van der Waals surface area contributed by atoms with Gasteiger partial charge >= 0.3 is 0 Å². The molecule has 0 fully saturated rings. The van der Waals surface area contributed by atoms with Crippen molar-refractivity contribution in [3.63, 3.8) is 0 Å². The van der Waals surface area contributed by atoms with Crippen LogP contribution >= 0.6 is 0 Å². The Balaban J connectivity index is 1.56. The Morgan fingerprint density at radius 1 is 0.865 bits per heavy atom. The van der Waals surface area contributed by atoms with Gasteiger partial charge in [-0.05, 0) is 78.8 Å². The topological polar surface area (TPSA) is 84.5 Å². The van der Waals surface area contributed by atoms with Gasteiger partial charge in [0.05, 0.1) is 6.42 Å². The van der Waals surface area contributed by atoms with Crippen LogP contribution in [-0.4, -0.2) is 23.7 Å². The summed E-state index contributed by atoms with van der Waals surface area (Å²) < 4.78 is 5.95. The van der Waals surface area contributed by atoms with Crippen LogP contribution in [0.1, 0.15) is 68.4 Å². The number of ether oxygens (including phenoxy) is 1. The van der Waals surface area contributed by atoms with Crippen molar-refractivity contribution < 1.29 is 19.1 Å². The first-order valence-corrected chi connectivity index (χ1v) is 12.7. The normalized spacial score (nSPS) is 11.9. The first kappa shape index (κ1) is 27.7. The van der Waals surface area contributed by atoms with E-state index in [1.165, 1.54) is 5.56 Å². The van der Waals surface area contributed by atoms with Crippen LogP contribution < -0.4 is 15.4 Å². The molecular weight excluding hydrogens is 464 g/mol. The second-order valence-corrected chi connectivity index (χ2v) is 9.81. The lowest BCUT2D eigenvalue weighted by atomic mass is 9.82. The van der Waals surface area contributed by atoms with Crippen LogP contribution in [0.2, 0.25) is 0 Å². The van der Waals surface area contributed by atoms with Gasteiger partial charge in [-0.1, -0.05) is 58.0 Å². The van der Waals surface area contributed by atoms with Gasteiger partial charge in [0.25, 0.3) is 5.91 Å².